The van der Waals surface area contributed by atoms with Crippen LogP contribution in [-0.2, 0) is 0 Å². The van der Waals surface area contributed by atoms with E-state index in [0.717, 1.165) is 5.69 Å². The number of fused-ring (bicyclic) bond motifs is 1. The van der Waals surface area contributed by atoms with Crippen LogP contribution in [0.2, 0.25) is 0 Å². The molecule has 6 N–H and O–H groups in total. The number of nitrogens with zero attached hydrogens (tertiary/aromatic N) is 5. The zero-order valence-corrected chi connectivity index (χ0v) is 15.2. The number of aromatic amines is 1. The molecule has 3 rings (SSSR count). The normalized spacial score (nSPS) is 13.1. The van der Waals surface area contributed by atoms with E-state index in [1.54, 1.807) is 29.8 Å². The molecule has 140 valence electrons. The SMILES string of the molecule is CCN=C(C(O)=C(C)N)c1n[nH]c(-c2cc(C(N)=O)c3cc(C)ncn23)n1. The summed E-state index contributed by atoms with van der Waals surface area (Å²) in [7, 11) is 0. The number of aryl methyl sites for hydroxylation is 1. The zero-order valence-electron chi connectivity index (χ0n) is 15.2. The Bertz CT molecular complexity index is 1090. The van der Waals surface area contributed by atoms with E-state index in [-0.39, 0.29) is 23.0 Å². The maximum absolute atomic E-state index is 11.8. The lowest BCUT2D eigenvalue weighted by atomic mass is 10.2. The van der Waals surface area contributed by atoms with Crippen molar-refractivity contribution < 1.29 is 9.90 Å². The molecule has 3 aromatic rings. The van der Waals surface area contributed by atoms with E-state index in [0.29, 0.717) is 29.1 Å². The van der Waals surface area contributed by atoms with E-state index in [1.165, 1.54) is 0 Å². The Labute approximate surface area is 154 Å². The highest BCUT2D eigenvalue weighted by molar-refractivity contribution is 6.09. The predicted molar refractivity (Wildman–Crippen MR) is 100 cm³/mol. The fraction of sp³-hybridized carbons (Fsp3) is 0.235. The van der Waals surface area contributed by atoms with Crippen LogP contribution in [0.25, 0.3) is 17.0 Å². The summed E-state index contributed by atoms with van der Waals surface area (Å²) < 4.78 is 1.69. The van der Waals surface area contributed by atoms with Crippen molar-refractivity contribution in [1.29, 1.82) is 0 Å². The first-order valence-corrected chi connectivity index (χ1v) is 8.24. The number of hydrogen-bond acceptors (Lipinski definition) is 7. The molecule has 1 amide bonds. The number of nitrogens with two attached hydrogens (primary N) is 2. The monoisotopic (exact) mass is 368 g/mol. The molecule has 3 heterocycles. The van der Waals surface area contributed by atoms with E-state index >= 15 is 0 Å². The van der Waals surface area contributed by atoms with Crippen molar-refractivity contribution in [3.8, 4) is 11.5 Å². The number of allylic oxidation sites excluding steroid dienone is 2. The highest BCUT2D eigenvalue weighted by Crippen LogP contribution is 2.24. The highest BCUT2D eigenvalue weighted by atomic mass is 16.3. The zero-order chi connectivity index (χ0) is 19.7. The van der Waals surface area contributed by atoms with Gasteiger partial charge >= 0.3 is 0 Å². The van der Waals surface area contributed by atoms with Gasteiger partial charge in [0, 0.05) is 17.9 Å². The lowest BCUT2D eigenvalue weighted by Crippen LogP contribution is -2.13. The molecule has 0 aromatic carbocycles. The number of H-pyrrole nitrogens is 1. The third-order valence-electron chi connectivity index (χ3n) is 3.92. The third-order valence-corrected chi connectivity index (χ3v) is 3.92. The van der Waals surface area contributed by atoms with E-state index in [9.17, 15) is 9.90 Å². The molecule has 0 saturated carbocycles. The third kappa shape index (κ3) is 3.24. The number of carbonyl (C=O) groups is 1. The summed E-state index contributed by atoms with van der Waals surface area (Å²) >= 11 is 0. The van der Waals surface area contributed by atoms with Gasteiger partial charge in [0.25, 0.3) is 5.91 Å². The molecule has 0 fully saturated rings. The Hall–Kier alpha value is -3.69. The Morgan fingerprint density at radius 1 is 1.37 bits per heavy atom. The van der Waals surface area contributed by atoms with Gasteiger partial charge in [0.15, 0.2) is 11.6 Å². The Morgan fingerprint density at radius 3 is 2.74 bits per heavy atom. The van der Waals surface area contributed by atoms with Crippen molar-refractivity contribution in [2.24, 2.45) is 16.5 Å². The van der Waals surface area contributed by atoms with Crippen molar-refractivity contribution in [3.05, 3.63) is 47.0 Å². The molecule has 3 aromatic heterocycles. The van der Waals surface area contributed by atoms with Crippen LogP contribution in [0.5, 0.6) is 0 Å². The number of aliphatic hydroxyl groups excluding tert-OH is 1. The van der Waals surface area contributed by atoms with Crippen LogP contribution in [0.3, 0.4) is 0 Å². The minimum atomic E-state index is -0.559. The van der Waals surface area contributed by atoms with Crippen LogP contribution < -0.4 is 11.5 Å². The van der Waals surface area contributed by atoms with Crippen LogP contribution in [0.4, 0.5) is 0 Å². The lowest BCUT2D eigenvalue weighted by molar-refractivity contribution is 0.100. The van der Waals surface area contributed by atoms with Crippen LogP contribution in [-0.4, -0.2) is 47.8 Å². The maximum Gasteiger partial charge on any atom is 0.250 e. The van der Waals surface area contributed by atoms with Gasteiger partial charge < -0.3 is 16.6 Å². The van der Waals surface area contributed by atoms with Gasteiger partial charge in [-0.25, -0.2) is 9.97 Å². The molecule has 0 atom stereocenters. The van der Waals surface area contributed by atoms with Crippen LogP contribution >= 0.6 is 0 Å². The molecule has 10 heteroatoms. The summed E-state index contributed by atoms with van der Waals surface area (Å²) in [6, 6.07) is 3.38. The smallest absolute Gasteiger partial charge is 0.250 e. The number of amides is 1. The Balaban J connectivity index is 2.16. The van der Waals surface area contributed by atoms with Gasteiger partial charge in [-0.2, -0.15) is 5.10 Å². The van der Waals surface area contributed by atoms with Gasteiger partial charge in [0.05, 0.1) is 23.1 Å². The summed E-state index contributed by atoms with van der Waals surface area (Å²) in [5, 5.41) is 17.1. The second-order valence-electron chi connectivity index (χ2n) is 5.96. The summed E-state index contributed by atoms with van der Waals surface area (Å²) in [5.41, 5.74) is 13.8. The summed E-state index contributed by atoms with van der Waals surface area (Å²) in [6.45, 7) is 5.61. The lowest BCUT2D eigenvalue weighted by Gasteiger charge is -2.03. The van der Waals surface area contributed by atoms with Crippen LogP contribution in [0.15, 0.2) is 34.9 Å². The number of hydrogen-bond donors (Lipinski definition) is 4. The number of carbonyl (C=O) groups excluding carboxylic acids is 1. The molecule has 0 aliphatic carbocycles. The topological polar surface area (TPSA) is 161 Å². The molecule has 27 heavy (non-hydrogen) atoms. The molecule has 0 bridgehead atoms. The number of aromatic nitrogens is 5. The van der Waals surface area contributed by atoms with Crippen molar-refractivity contribution in [2.75, 3.05) is 6.54 Å². The fourth-order valence-corrected chi connectivity index (χ4v) is 2.65. The van der Waals surface area contributed by atoms with Crippen molar-refractivity contribution in [1.82, 2.24) is 24.6 Å². The van der Waals surface area contributed by atoms with E-state index in [4.69, 9.17) is 11.5 Å². The second kappa shape index (κ2) is 6.90. The van der Waals surface area contributed by atoms with Gasteiger partial charge in [-0.15, -0.1) is 0 Å². The standard InChI is InChI=1S/C17H20N8O2/c1-4-20-13(14(26)9(3)18)17-22-16(23-24-17)12-6-10(15(19)27)11-5-8(2)21-7-25(11)12/h5-7,26H,4,18H2,1-3H3,(H2,19,27)(H,22,23,24). The van der Waals surface area contributed by atoms with E-state index in [2.05, 4.69) is 25.2 Å². The maximum atomic E-state index is 11.8. The molecule has 0 aliphatic rings. The predicted octanol–water partition coefficient (Wildman–Crippen LogP) is 1.08. The number of nitrogens with one attached hydrogen (secondary N) is 1. The molecule has 0 unspecified atom stereocenters. The number of rotatable bonds is 5. The number of aliphatic hydroxyl groups is 1. The molecule has 0 aliphatic heterocycles. The second-order valence-corrected chi connectivity index (χ2v) is 5.96. The number of aliphatic imine (C=N–C) groups is 1. The first-order valence-electron chi connectivity index (χ1n) is 8.24. The van der Waals surface area contributed by atoms with Gasteiger partial charge in [-0.05, 0) is 32.9 Å². The van der Waals surface area contributed by atoms with E-state index in [1.807, 2.05) is 13.8 Å². The van der Waals surface area contributed by atoms with Crippen molar-refractivity contribution >= 4 is 17.1 Å². The fourth-order valence-electron chi connectivity index (χ4n) is 2.65. The Kier molecular flexibility index (Phi) is 4.63. The largest absolute Gasteiger partial charge is 0.504 e. The quantitative estimate of drug-likeness (QED) is 0.389. The van der Waals surface area contributed by atoms with Crippen molar-refractivity contribution in [2.45, 2.75) is 20.8 Å². The molecular formula is C17H20N8O2. The van der Waals surface area contributed by atoms with E-state index < -0.39 is 5.91 Å². The summed E-state index contributed by atoms with van der Waals surface area (Å²) in [4.78, 5) is 24.7. The Morgan fingerprint density at radius 2 is 2.11 bits per heavy atom. The number of primary amides is 1. The molecule has 0 spiro atoms. The van der Waals surface area contributed by atoms with Gasteiger partial charge in [0.2, 0.25) is 5.82 Å². The average Bonchev–Trinajstić information content (AvgIpc) is 3.23. The molecular weight excluding hydrogens is 348 g/mol. The highest BCUT2D eigenvalue weighted by Gasteiger charge is 2.20. The molecule has 0 saturated heterocycles. The first-order chi connectivity index (χ1) is 12.8. The van der Waals surface area contributed by atoms with Gasteiger partial charge in [0.1, 0.15) is 5.71 Å². The summed E-state index contributed by atoms with van der Waals surface area (Å²) in [6.07, 6.45) is 1.58. The van der Waals surface area contributed by atoms with Crippen molar-refractivity contribution in [3.63, 3.8) is 0 Å². The molecule has 0 radical (unpaired) electrons. The van der Waals surface area contributed by atoms with Crippen LogP contribution in [0.1, 0.15) is 35.7 Å². The van der Waals surface area contributed by atoms with Gasteiger partial charge in [-0.3, -0.25) is 19.3 Å². The average molecular weight is 368 g/mol. The van der Waals surface area contributed by atoms with Gasteiger partial charge in [-0.1, -0.05) is 0 Å². The minimum absolute atomic E-state index is 0.183. The first kappa shape index (κ1) is 18.1. The summed E-state index contributed by atoms with van der Waals surface area (Å²) in [5.74, 6) is -0.191. The van der Waals surface area contributed by atoms with Crippen LogP contribution in [0, 0.1) is 6.92 Å². The minimum Gasteiger partial charge on any atom is -0.504 e. The molecule has 10 nitrogen and oxygen atoms in total.